The normalized spacial score (nSPS) is 24.3. The van der Waals surface area contributed by atoms with Crippen LogP contribution in [0.4, 0.5) is 4.39 Å². The number of rotatable bonds is 2. The van der Waals surface area contributed by atoms with Gasteiger partial charge in [-0.1, -0.05) is 0 Å². The molecule has 0 saturated heterocycles. The Labute approximate surface area is 151 Å². The van der Waals surface area contributed by atoms with Gasteiger partial charge in [0.05, 0.1) is 18.2 Å². The summed E-state index contributed by atoms with van der Waals surface area (Å²) in [6.45, 7) is 2.05. The number of carbonyl (C=O) groups excluding carboxylic acids is 1. The van der Waals surface area contributed by atoms with Crippen molar-refractivity contribution in [2.45, 2.75) is 38.3 Å². The van der Waals surface area contributed by atoms with Crippen LogP contribution in [0.1, 0.15) is 29.7 Å². The molecule has 0 spiro atoms. The van der Waals surface area contributed by atoms with Gasteiger partial charge in [0, 0.05) is 36.3 Å². The van der Waals surface area contributed by atoms with Crippen molar-refractivity contribution in [3.8, 4) is 17.0 Å². The molecule has 5 nitrogen and oxygen atoms in total. The first kappa shape index (κ1) is 15.9. The van der Waals surface area contributed by atoms with Gasteiger partial charge in [0.2, 0.25) is 5.91 Å². The number of aromatic nitrogens is 2. The topological polar surface area (TPSA) is 58.2 Å². The molecule has 136 valence electrons. The van der Waals surface area contributed by atoms with Crippen LogP contribution in [0.3, 0.4) is 0 Å². The average molecular weight is 355 g/mol. The highest BCUT2D eigenvalue weighted by molar-refractivity contribution is 5.82. The summed E-state index contributed by atoms with van der Waals surface area (Å²) in [6.07, 6.45) is 3.03. The SMILES string of the molecule is O=C([C@@H]1C[C@H]1F)N1CCc2[nH]nc(-c3ccc4c(c3)CCCO4)c2CC1. The second kappa shape index (κ2) is 6.11. The number of carbonyl (C=O) groups is 1. The first-order valence-electron chi connectivity index (χ1n) is 9.46. The quantitative estimate of drug-likeness (QED) is 0.901. The molecular formula is C20H22FN3O2. The number of nitrogens with one attached hydrogen (secondary N) is 1. The zero-order valence-corrected chi connectivity index (χ0v) is 14.6. The predicted octanol–water partition coefficient (Wildman–Crippen LogP) is 2.69. The molecule has 3 aliphatic rings. The number of H-pyrrole nitrogens is 1. The fourth-order valence-corrected chi connectivity index (χ4v) is 4.10. The van der Waals surface area contributed by atoms with Crippen molar-refractivity contribution in [3.63, 3.8) is 0 Å². The highest BCUT2D eigenvalue weighted by Gasteiger charge is 2.45. The molecule has 1 saturated carbocycles. The smallest absolute Gasteiger partial charge is 0.228 e. The minimum Gasteiger partial charge on any atom is -0.493 e. The monoisotopic (exact) mass is 355 g/mol. The van der Waals surface area contributed by atoms with Gasteiger partial charge in [0.15, 0.2) is 0 Å². The lowest BCUT2D eigenvalue weighted by atomic mass is 9.98. The Morgan fingerprint density at radius 2 is 2.12 bits per heavy atom. The number of fused-ring (bicyclic) bond motifs is 2. The minimum absolute atomic E-state index is 0.0249. The first-order chi connectivity index (χ1) is 12.7. The number of amides is 1. The Morgan fingerprint density at radius 3 is 2.96 bits per heavy atom. The predicted molar refractivity (Wildman–Crippen MR) is 94.8 cm³/mol. The Bertz CT molecular complexity index is 863. The molecule has 2 aromatic rings. The van der Waals surface area contributed by atoms with E-state index in [1.54, 1.807) is 0 Å². The number of aryl methyl sites for hydroxylation is 1. The maximum atomic E-state index is 13.2. The summed E-state index contributed by atoms with van der Waals surface area (Å²) in [6, 6.07) is 6.27. The third-order valence-electron chi connectivity index (χ3n) is 5.74. The first-order valence-corrected chi connectivity index (χ1v) is 9.46. The zero-order chi connectivity index (χ0) is 17.7. The Kier molecular flexibility index (Phi) is 3.72. The van der Waals surface area contributed by atoms with Crippen LogP contribution in [0.25, 0.3) is 11.3 Å². The standard InChI is InChI=1S/C20H22FN3O2/c21-16-11-15(16)20(25)24-7-5-14-17(6-8-24)22-23-19(14)13-3-4-18-12(10-13)2-1-9-26-18/h3-4,10,15-16H,1-2,5-9,11H2,(H,22,23)/t15-,16-/m1/s1. The summed E-state index contributed by atoms with van der Waals surface area (Å²) in [5.41, 5.74) is 5.58. The van der Waals surface area contributed by atoms with Crippen LogP contribution in [0, 0.1) is 5.92 Å². The van der Waals surface area contributed by atoms with Gasteiger partial charge in [0.1, 0.15) is 11.9 Å². The third-order valence-corrected chi connectivity index (χ3v) is 5.74. The molecule has 26 heavy (non-hydrogen) atoms. The number of aromatic amines is 1. The van der Waals surface area contributed by atoms with E-state index in [0.717, 1.165) is 55.0 Å². The zero-order valence-electron chi connectivity index (χ0n) is 14.6. The molecule has 5 rings (SSSR count). The van der Waals surface area contributed by atoms with Crippen LogP contribution in [-0.4, -0.2) is 46.9 Å². The third kappa shape index (κ3) is 2.68. The van der Waals surface area contributed by atoms with Crippen molar-refractivity contribution >= 4 is 5.91 Å². The molecule has 1 fully saturated rings. The molecule has 2 atom stereocenters. The van der Waals surface area contributed by atoms with E-state index in [1.165, 1.54) is 11.1 Å². The second-order valence-electron chi connectivity index (χ2n) is 7.49. The maximum absolute atomic E-state index is 13.2. The number of benzene rings is 1. The number of nitrogens with zero attached hydrogens (tertiary/aromatic N) is 2. The molecule has 2 aliphatic heterocycles. The Morgan fingerprint density at radius 1 is 1.27 bits per heavy atom. The van der Waals surface area contributed by atoms with Crippen molar-refractivity contribution < 1.29 is 13.9 Å². The fraction of sp³-hybridized carbons (Fsp3) is 0.500. The largest absolute Gasteiger partial charge is 0.493 e. The van der Waals surface area contributed by atoms with Gasteiger partial charge in [-0.3, -0.25) is 9.89 Å². The van der Waals surface area contributed by atoms with Crippen LogP contribution < -0.4 is 4.74 Å². The number of halogens is 1. The highest BCUT2D eigenvalue weighted by Crippen LogP contribution is 2.36. The van der Waals surface area contributed by atoms with Crippen molar-refractivity contribution in [3.05, 3.63) is 35.0 Å². The van der Waals surface area contributed by atoms with E-state index in [4.69, 9.17) is 4.74 Å². The van der Waals surface area contributed by atoms with Crippen molar-refractivity contribution in [1.82, 2.24) is 15.1 Å². The summed E-state index contributed by atoms with van der Waals surface area (Å²) in [5, 5.41) is 7.72. The van der Waals surface area contributed by atoms with Crippen LogP contribution in [0.15, 0.2) is 18.2 Å². The molecule has 6 heteroatoms. The fourth-order valence-electron chi connectivity index (χ4n) is 4.10. The van der Waals surface area contributed by atoms with E-state index in [1.807, 2.05) is 11.0 Å². The molecule has 0 radical (unpaired) electrons. The molecule has 0 unspecified atom stereocenters. The van der Waals surface area contributed by atoms with Crippen molar-refractivity contribution in [1.29, 1.82) is 0 Å². The van der Waals surface area contributed by atoms with Gasteiger partial charge in [-0.05, 0) is 49.4 Å². The summed E-state index contributed by atoms with van der Waals surface area (Å²) in [4.78, 5) is 14.2. The molecule has 0 bridgehead atoms. The lowest BCUT2D eigenvalue weighted by Gasteiger charge is -2.20. The summed E-state index contributed by atoms with van der Waals surface area (Å²) >= 11 is 0. The number of ether oxygens (including phenoxy) is 1. The molecule has 3 heterocycles. The molecule has 1 amide bonds. The molecule has 1 aliphatic carbocycles. The molecule has 1 aromatic heterocycles. The van der Waals surface area contributed by atoms with Gasteiger partial charge in [-0.25, -0.2) is 4.39 Å². The van der Waals surface area contributed by atoms with Crippen molar-refractivity contribution in [2.24, 2.45) is 5.92 Å². The lowest BCUT2D eigenvalue weighted by molar-refractivity contribution is -0.132. The van der Waals surface area contributed by atoms with E-state index in [2.05, 4.69) is 22.3 Å². The van der Waals surface area contributed by atoms with Crippen molar-refractivity contribution in [2.75, 3.05) is 19.7 Å². The minimum atomic E-state index is -0.932. The van der Waals surface area contributed by atoms with E-state index >= 15 is 0 Å². The van der Waals surface area contributed by atoms with E-state index in [-0.39, 0.29) is 5.91 Å². The van der Waals surface area contributed by atoms with Gasteiger partial charge in [-0.2, -0.15) is 5.10 Å². The van der Waals surface area contributed by atoms with Crippen LogP contribution in [0.2, 0.25) is 0 Å². The molecular weight excluding hydrogens is 333 g/mol. The number of alkyl halides is 1. The van der Waals surface area contributed by atoms with Gasteiger partial charge < -0.3 is 9.64 Å². The summed E-state index contributed by atoms with van der Waals surface area (Å²) in [7, 11) is 0. The average Bonchev–Trinajstić information content (AvgIpc) is 3.33. The summed E-state index contributed by atoms with van der Waals surface area (Å²) in [5.74, 6) is 0.552. The molecule has 1 N–H and O–H groups in total. The number of hydrogen-bond donors (Lipinski definition) is 1. The van der Waals surface area contributed by atoms with E-state index in [0.29, 0.717) is 19.5 Å². The highest BCUT2D eigenvalue weighted by atomic mass is 19.1. The van der Waals surface area contributed by atoms with E-state index < -0.39 is 12.1 Å². The lowest BCUT2D eigenvalue weighted by Crippen LogP contribution is -2.35. The molecule has 1 aromatic carbocycles. The van der Waals surface area contributed by atoms with Gasteiger partial charge in [-0.15, -0.1) is 0 Å². The van der Waals surface area contributed by atoms with E-state index in [9.17, 15) is 9.18 Å². The Hall–Kier alpha value is -2.37. The van der Waals surface area contributed by atoms with Crippen LogP contribution >= 0.6 is 0 Å². The maximum Gasteiger partial charge on any atom is 0.228 e. The van der Waals surface area contributed by atoms with Gasteiger partial charge in [0.25, 0.3) is 0 Å². The van der Waals surface area contributed by atoms with Gasteiger partial charge >= 0.3 is 0 Å². The second-order valence-corrected chi connectivity index (χ2v) is 7.49. The summed E-state index contributed by atoms with van der Waals surface area (Å²) < 4.78 is 18.9. The van der Waals surface area contributed by atoms with Crippen LogP contribution in [0.5, 0.6) is 5.75 Å². The van der Waals surface area contributed by atoms with Crippen LogP contribution in [-0.2, 0) is 24.1 Å². The number of hydrogen-bond acceptors (Lipinski definition) is 3. The Balaban J connectivity index is 1.39.